The van der Waals surface area contributed by atoms with Gasteiger partial charge in [0.05, 0.1) is 31.2 Å². The van der Waals surface area contributed by atoms with Gasteiger partial charge in [-0.05, 0) is 73.9 Å². The molecule has 3 fully saturated rings. The third-order valence-electron chi connectivity index (χ3n) is 9.60. The van der Waals surface area contributed by atoms with Crippen LogP contribution in [0.3, 0.4) is 0 Å². The topological polar surface area (TPSA) is 90.3 Å². The van der Waals surface area contributed by atoms with Crippen LogP contribution >= 0.6 is 15.9 Å². The molecule has 0 bridgehead atoms. The zero-order valence-electron chi connectivity index (χ0n) is 24.0. The van der Waals surface area contributed by atoms with Crippen molar-refractivity contribution in [2.24, 2.45) is 17.8 Å². The summed E-state index contributed by atoms with van der Waals surface area (Å²) in [6.07, 6.45) is 5.28. The zero-order valence-corrected chi connectivity index (χ0v) is 25.6. The van der Waals surface area contributed by atoms with Crippen LogP contribution in [0, 0.1) is 17.8 Å². The molecule has 0 aromatic heterocycles. The van der Waals surface area contributed by atoms with Crippen LogP contribution in [0.25, 0.3) is 6.08 Å². The largest absolute Gasteiger partial charge is 0.507 e. The van der Waals surface area contributed by atoms with Crippen LogP contribution in [-0.4, -0.2) is 70.3 Å². The Morgan fingerprint density at radius 1 is 1.07 bits per heavy atom. The van der Waals surface area contributed by atoms with Crippen molar-refractivity contribution < 1.29 is 24.5 Å². The predicted molar refractivity (Wildman–Crippen MR) is 164 cm³/mol. The highest BCUT2D eigenvalue weighted by molar-refractivity contribution is 9.10. The number of nitrogens with zero attached hydrogens (tertiary/aromatic N) is 2. The SMILES string of the molecule is C/C(=C\c1cc(Br)ccc1O)CC[C@H]1OC[C@H]2C1=C(CO)C[C@H]1C(=O)N(C3CCN(Cc4ccccc4)CC3)C(=O)[C@H]12. The third kappa shape index (κ3) is 5.74. The second kappa shape index (κ2) is 12.4. The Morgan fingerprint density at radius 3 is 2.57 bits per heavy atom. The summed E-state index contributed by atoms with van der Waals surface area (Å²) >= 11 is 3.46. The number of imide groups is 1. The van der Waals surface area contributed by atoms with Crippen molar-refractivity contribution in [3.05, 3.63) is 80.8 Å². The number of phenolic OH excluding ortho intramolecular Hbond substituents is 1. The molecule has 222 valence electrons. The van der Waals surface area contributed by atoms with Gasteiger partial charge in [0.15, 0.2) is 0 Å². The molecular weight excluding hydrogens is 596 g/mol. The lowest BCUT2D eigenvalue weighted by Gasteiger charge is -2.36. The van der Waals surface area contributed by atoms with Gasteiger partial charge in [-0.25, -0.2) is 0 Å². The Morgan fingerprint density at radius 2 is 1.83 bits per heavy atom. The number of aliphatic hydroxyl groups excluding tert-OH is 1. The van der Waals surface area contributed by atoms with Crippen molar-refractivity contribution in [1.82, 2.24) is 9.80 Å². The minimum atomic E-state index is -0.403. The lowest BCUT2D eigenvalue weighted by molar-refractivity contribution is -0.144. The fraction of sp³-hybridized carbons (Fsp3) is 0.471. The number of hydrogen-bond donors (Lipinski definition) is 2. The van der Waals surface area contributed by atoms with Crippen LogP contribution in [0.4, 0.5) is 0 Å². The number of phenols is 1. The molecule has 42 heavy (non-hydrogen) atoms. The molecule has 3 saturated heterocycles. The number of aliphatic hydroxyl groups is 1. The molecule has 3 heterocycles. The van der Waals surface area contributed by atoms with Gasteiger partial charge in [-0.3, -0.25) is 19.4 Å². The van der Waals surface area contributed by atoms with Crippen molar-refractivity contribution in [2.45, 2.75) is 57.7 Å². The smallest absolute Gasteiger partial charge is 0.234 e. The number of likely N-dealkylation sites (tertiary alicyclic amines) is 2. The number of fused-ring (bicyclic) bond motifs is 3. The van der Waals surface area contributed by atoms with Crippen molar-refractivity contribution in [3.8, 4) is 5.75 Å². The summed E-state index contributed by atoms with van der Waals surface area (Å²) in [6, 6.07) is 15.7. The van der Waals surface area contributed by atoms with Crippen LogP contribution in [0.5, 0.6) is 5.75 Å². The molecule has 1 aliphatic carbocycles. The van der Waals surface area contributed by atoms with E-state index in [0.29, 0.717) is 13.0 Å². The minimum absolute atomic E-state index is 0.0449. The highest BCUT2D eigenvalue weighted by Gasteiger charge is 2.58. The molecule has 7 nitrogen and oxygen atoms in total. The molecule has 4 atom stereocenters. The maximum absolute atomic E-state index is 13.9. The number of amides is 2. The number of benzene rings is 2. The number of ether oxygens (including phenoxy) is 1. The van der Waals surface area contributed by atoms with Crippen molar-refractivity contribution >= 4 is 33.8 Å². The maximum atomic E-state index is 13.9. The molecule has 6 rings (SSSR count). The van der Waals surface area contributed by atoms with Crippen LogP contribution in [0.2, 0.25) is 0 Å². The molecule has 2 N–H and O–H groups in total. The van der Waals surface area contributed by atoms with Gasteiger partial charge in [0.2, 0.25) is 11.8 Å². The summed E-state index contributed by atoms with van der Waals surface area (Å²) in [5.41, 5.74) is 5.04. The molecule has 0 unspecified atom stereocenters. The maximum Gasteiger partial charge on any atom is 0.234 e. The molecule has 2 amide bonds. The van der Waals surface area contributed by atoms with E-state index in [4.69, 9.17) is 4.74 Å². The average Bonchev–Trinajstić information content (AvgIpc) is 3.52. The van der Waals surface area contributed by atoms with Gasteiger partial charge in [-0.1, -0.05) is 57.9 Å². The van der Waals surface area contributed by atoms with Gasteiger partial charge in [-0.15, -0.1) is 0 Å². The third-order valence-corrected chi connectivity index (χ3v) is 10.1. The van der Waals surface area contributed by atoms with Crippen LogP contribution < -0.4 is 0 Å². The van der Waals surface area contributed by atoms with Crippen LogP contribution in [-0.2, 0) is 20.9 Å². The fourth-order valence-electron chi connectivity index (χ4n) is 7.52. The molecule has 4 aliphatic rings. The van der Waals surface area contributed by atoms with E-state index in [1.165, 1.54) is 5.56 Å². The normalized spacial score (nSPS) is 27.1. The van der Waals surface area contributed by atoms with Gasteiger partial charge >= 0.3 is 0 Å². The van der Waals surface area contributed by atoms with E-state index in [9.17, 15) is 19.8 Å². The van der Waals surface area contributed by atoms with E-state index in [1.807, 2.05) is 25.1 Å². The molecule has 0 radical (unpaired) electrons. The first-order chi connectivity index (χ1) is 20.3. The summed E-state index contributed by atoms with van der Waals surface area (Å²) < 4.78 is 7.18. The first-order valence-electron chi connectivity index (χ1n) is 15.1. The van der Waals surface area contributed by atoms with Crippen molar-refractivity contribution in [1.29, 1.82) is 0 Å². The number of piperidine rings is 1. The molecule has 0 spiro atoms. The number of carbonyl (C=O) groups is 2. The fourth-order valence-corrected chi connectivity index (χ4v) is 7.90. The Balaban J connectivity index is 1.12. The monoisotopic (exact) mass is 634 g/mol. The van der Waals surface area contributed by atoms with Crippen LogP contribution in [0.1, 0.15) is 50.2 Å². The van der Waals surface area contributed by atoms with Crippen molar-refractivity contribution in [3.63, 3.8) is 0 Å². The van der Waals surface area contributed by atoms with E-state index in [0.717, 1.165) is 72.1 Å². The lowest BCUT2D eigenvalue weighted by Crippen LogP contribution is -2.47. The van der Waals surface area contributed by atoms with Gasteiger partial charge in [0.25, 0.3) is 0 Å². The number of hydrogen-bond acceptors (Lipinski definition) is 6. The van der Waals surface area contributed by atoms with Gasteiger partial charge in [0, 0.05) is 41.6 Å². The second-order valence-electron chi connectivity index (χ2n) is 12.3. The Hall–Kier alpha value is -2.78. The highest BCUT2D eigenvalue weighted by Crippen LogP contribution is 2.50. The molecule has 2 aromatic carbocycles. The summed E-state index contributed by atoms with van der Waals surface area (Å²) in [6.45, 7) is 4.92. The molecule has 2 aromatic rings. The van der Waals surface area contributed by atoms with E-state index in [1.54, 1.807) is 17.0 Å². The summed E-state index contributed by atoms with van der Waals surface area (Å²) in [7, 11) is 0. The summed E-state index contributed by atoms with van der Waals surface area (Å²) in [5, 5.41) is 20.6. The van der Waals surface area contributed by atoms with Gasteiger partial charge < -0.3 is 14.9 Å². The van der Waals surface area contributed by atoms with E-state index in [-0.39, 0.29) is 42.2 Å². The molecule has 0 saturated carbocycles. The number of aromatic hydroxyl groups is 1. The number of allylic oxidation sites excluding steroid dienone is 1. The zero-order chi connectivity index (χ0) is 29.4. The standard InChI is InChI=1S/C34H39BrN2O5/c1-21(15-23-16-25(35)8-9-29(23)39)7-10-30-31-24(19-38)17-27-32(28(31)20-42-30)34(41)37(33(27)40)26-11-13-36(14-12-26)18-22-5-3-2-4-6-22/h2-6,8-9,15-16,26-28,30,32,38-39H,7,10-14,17-20H2,1H3/b21-15+/t27-,28+,30-,32-/m1/s1. The average molecular weight is 636 g/mol. The molecule has 8 heteroatoms. The van der Waals surface area contributed by atoms with Gasteiger partial charge in [0.1, 0.15) is 5.75 Å². The number of carbonyl (C=O) groups excluding carboxylic acids is 2. The number of halogens is 1. The molecular formula is C34H39BrN2O5. The predicted octanol–water partition coefficient (Wildman–Crippen LogP) is 5.31. The summed E-state index contributed by atoms with van der Waals surface area (Å²) in [4.78, 5) is 31.6. The first kappa shape index (κ1) is 29.3. The lowest BCUT2D eigenvalue weighted by atomic mass is 9.69. The van der Waals surface area contributed by atoms with E-state index < -0.39 is 11.8 Å². The van der Waals surface area contributed by atoms with Gasteiger partial charge in [-0.2, -0.15) is 0 Å². The summed E-state index contributed by atoms with van der Waals surface area (Å²) in [5.74, 6) is -0.836. The Bertz CT molecular complexity index is 1400. The highest BCUT2D eigenvalue weighted by atomic mass is 79.9. The van der Waals surface area contributed by atoms with E-state index >= 15 is 0 Å². The van der Waals surface area contributed by atoms with E-state index in [2.05, 4.69) is 45.1 Å². The minimum Gasteiger partial charge on any atom is -0.507 e. The van der Waals surface area contributed by atoms with Crippen molar-refractivity contribution in [2.75, 3.05) is 26.3 Å². The quantitative estimate of drug-likeness (QED) is 0.302. The van der Waals surface area contributed by atoms with Crippen LogP contribution in [0.15, 0.2) is 69.7 Å². The molecule has 3 aliphatic heterocycles. The second-order valence-corrected chi connectivity index (χ2v) is 13.2. The Labute approximate surface area is 256 Å². The Kier molecular flexibility index (Phi) is 8.68. The number of rotatable bonds is 8. The first-order valence-corrected chi connectivity index (χ1v) is 15.9.